The summed E-state index contributed by atoms with van der Waals surface area (Å²) in [6.07, 6.45) is 1.86. The van der Waals surface area contributed by atoms with Crippen LogP contribution in [0.25, 0.3) is 17.1 Å². The minimum atomic E-state index is 0.607. The van der Waals surface area contributed by atoms with Gasteiger partial charge in [0.25, 0.3) is 0 Å². The molecule has 3 rings (SSSR count). The summed E-state index contributed by atoms with van der Waals surface area (Å²) in [5.41, 5.74) is 2.90. The van der Waals surface area contributed by atoms with E-state index in [1.807, 2.05) is 60.7 Å². The van der Waals surface area contributed by atoms with E-state index in [4.69, 9.17) is 0 Å². The maximum Gasteiger partial charge on any atom is 0.171 e. The van der Waals surface area contributed by atoms with Crippen LogP contribution < -0.4 is 0 Å². The topological polar surface area (TPSA) is 52.5 Å². The number of imidazole rings is 1. The lowest BCUT2D eigenvalue weighted by Crippen LogP contribution is -1.78. The van der Waals surface area contributed by atoms with Crippen molar-refractivity contribution in [3.05, 3.63) is 65.1 Å². The zero-order valence-electron chi connectivity index (χ0n) is 10.6. The minimum absolute atomic E-state index is 0.607. The predicted molar refractivity (Wildman–Crippen MR) is 82.0 cm³/mol. The van der Waals surface area contributed by atoms with E-state index in [-0.39, 0.29) is 0 Å². The summed E-state index contributed by atoms with van der Waals surface area (Å²) in [5, 5.41) is 9.97. The number of fused-ring (bicyclic) bond motifs is 1. The smallest absolute Gasteiger partial charge is 0.171 e. The number of hydrogen-bond acceptors (Lipinski definition) is 3. The number of aromatic nitrogens is 2. The molecule has 1 N–H and O–H groups in total. The zero-order valence-corrected chi connectivity index (χ0v) is 11.4. The summed E-state index contributed by atoms with van der Waals surface area (Å²) in [6, 6.07) is 19.8. The third kappa shape index (κ3) is 2.73. The second-order valence-corrected chi connectivity index (χ2v) is 5.22. The highest BCUT2D eigenvalue weighted by molar-refractivity contribution is 8.03. The van der Waals surface area contributed by atoms with Gasteiger partial charge in [-0.25, -0.2) is 4.98 Å². The van der Waals surface area contributed by atoms with Crippen LogP contribution in [0.2, 0.25) is 0 Å². The maximum atomic E-state index is 9.24. The highest BCUT2D eigenvalue weighted by Gasteiger charge is 2.06. The Morgan fingerprint density at radius 3 is 2.60 bits per heavy atom. The Balaban J connectivity index is 1.88. The molecule has 0 saturated carbocycles. The molecule has 0 radical (unpaired) electrons. The molecule has 0 saturated heterocycles. The normalized spacial score (nSPS) is 11.4. The molecule has 20 heavy (non-hydrogen) atoms. The van der Waals surface area contributed by atoms with Gasteiger partial charge in [-0.05, 0) is 35.5 Å². The van der Waals surface area contributed by atoms with E-state index in [0.29, 0.717) is 4.91 Å². The van der Waals surface area contributed by atoms with Gasteiger partial charge in [-0.1, -0.05) is 42.5 Å². The molecule has 0 amide bonds. The fourth-order valence-corrected chi connectivity index (χ4v) is 2.62. The van der Waals surface area contributed by atoms with Crippen molar-refractivity contribution in [2.75, 3.05) is 0 Å². The maximum absolute atomic E-state index is 9.24. The number of rotatable bonds is 3. The average Bonchev–Trinajstić information content (AvgIpc) is 2.90. The highest BCUT2D eigenvalue weighted by atomic mass is 32.2. The van der Waals surface area contributed by atoms with Gasteiger partial charge in [0.15, 0.2) is 5.16 Å². The number of H-pyrrole nitrogens is 1. The molecule has 0 atom stereocenters. The van der Waals surface area contributed by atoms with Gasteiger partial charge in [0, 0.05) is 0 Å². The van der Waals surface area contributed by atoms with E-state index in [1.54, 1.807) is 0 Å². The lowest BCUT2D eigenvalue weighted by atomic mass is 10.2. The van der Waals surface area contributed by atoms with E-state index in [0.717, 1.165) is 21.8 Å². The number of thioether (sulfide) groups is 1. The Kier molecular flexibility index (Phi) is 3.53. The van der Waals surface area contributed by atoms with Crippen molar-refractivity contribution in [2.24, 2.45) is 0 Å². The Bertz CT molecular complexity index is 764. The molecule has 0 unspecified atom stereocenters. The fraction of sp³-hybridized carbons (Fsp3) is 0. The first-order valence-corrected chi connectivity index (χ1v) is 6.96. The molecular formula is C16H11N3S. The molecular weight excluding hydrogens is 266 g/mol. The monoisotopic (exact) mass is 277 g/mol. The molecule has 1 aromatic heterocycles. The number of hydrogen-bond donors (Lipinski definition) is 1. The van der Waals surface area contributed by atoms with Crippen molar-refractivity contribution < 1.29 is 0 Å². The molecule has 0 aliphatic heterocycles. The Morgan fingerprint density at radius 1 is 1.10 bits per heavy atom. The second-order valence-electron chi connectivity index (χ2n) is 4.19. The SMILES string of the molecule is N#CC(=Cc1ccccc1)Sc1nc2ccccc2[nH]1. The van der Waals surface area contributed by atoms with Gasteiger partial charge in [0.2, 0.25) is 0 Å². The van der Waals surface area contributed by atoms with Gasteiger partial charge >= 0.3 is 0 Å². The Hall–Kier alpha value is -2.51. The molecule has 3 aromatic rings. The van der Waals surface area contributed by atoms with Crippen LogP contribution in [0.4, 0.5) is 0 Å². The largest absolute Gasteiger partial charge is 0.333 e. The van der Waals surface area contributed by atoms with Gasteiger partial charge in [-0.3, -0.25) is 0 Å². The number of nitriles is 1. The number of allylic oxidation sites excluding steroid dienone is 1. The number of nitrogens with one attached hydrogen (secondary N) is 1. The number of para-hydroxylation sites is 2. The molecule has 0 spiro atoms. The molecule has 0 fully saturated rings. The number of benzene rings is 2. The molecule has 2 aromatic carbocycles. The Morgan fingerprint density at radius 2 is 1.85 bits per heavy atom. The minimum Gasteiger partial charge on any atom is -0.333 e. The molecule has 0 bridgehead atoms. The zero-order chi connectivity index (χ0) is 13.8. The molecule has 96 valence electrons. The molecule has 0 aliphatic rings. The van der Waals surface area contributed by atoms with Gasteiger partial charge in [-0.15, -0.1) is 0 Å². The first-order valence-electron chi connectivity index (χ1n) is 6.14. The summed E-state index contributed by atoms with van der Waals surface area (Å²) in [6.45, 7) is 0. The van der Waals surface area contributed by atoms with Crippen molar-refractivity contribution in [3.8, 4) is 6.07 Å². The van der Waals surface area contributed by atoms with Crippen LogP contribution in [-0.2, 0) is 0 Å². The quantitative estimate of drug-likeness (QED) is 0.576. The van der Waals surface area contributed by atoms with E-state index in [1.165, 1.54) is 11.8 Å². The van der Waals surface area contributed by atoms with Crippen molar-refractivity contribution in [1.29, 1.82) is 5.26 Å². The summed E-state index contributed by atoms with van der Waals surface area (Å²) < 4.78 is 0. The molecule has 1 heterocycles. The lowest BCUT2D eigenvalue weighted by molar-refractivity contribution is 1.09. The van der Waals surface area contributed by atoms with E-state index < -0.39 is 0 Å². The van der Waals surface area contributed by atoms with Gasteiger partial charge in [0.1, 0.15) is 6.07 Å². The van der Waals surface area contributed by atoms with E-state index in [9.17, 15) is 5.26 Å². The summed E-state index contributed by atoms with van der Waals surface area (Å²) in [4.78, 5) is 8.27. The van der Waals surface area contributed by atoms with Crippen molar-refractivity contribution in [1.82, 2.24) is 9.97 Å². The van der Waals surface area contributed by atoms with Crippen molar-refractivity contribution in [3.63, 3.8) is 0 Å². The Labute approximate surface area is 121 Å². The first kappa shape index (κ1) is 12.5. The van der Waals surface area contributed by atoms with Crippen LogP contribution in [0.15, 0.2) is 64.7 Å². The van der Waals surface area contributed by atoms with Crippen LogP contribution in [0.5, 0.6) is 0 Å². The van der Waals surface area contributed by atoms with Crippen molar-refractivity contribution >= 4 is 28.9 Å². The van der Waals surface area contributed by atoms with Gasteiger partial charge < -0.3 is 4.98 Å². The predicted octanol–water partition coefficient (Wildman–Crippen LogP) is 4.22. The highest BCUT2D eigenvalue weighted by Crippen LogP contribution is 2.27. The second kappa shape index (κ2) is 5.64. The molecule has 0 aliphatic carbocycles. The van der Waals surface area contributed by atoms with Crippen LogP contribution >= 0.6 is 11.8 Å². The first-order chi connectivity index (χ1) is 9.85. The van der Waals surface area contributed by atoms with E-state index >= 15 is 0 Å². The van der Waals surface area contributed by atoms with Crippen LogP contribution in [0.3, 0.4) is 0 Å². The van der Waals surface area contributed by atoms with E-state index in [2.05, 4.69) is 16.0 Å². The molecule has 3 nitrogen and oxygen atoms in total. The lowest BCUT2D eigenvalue weighted by Gasteiger charge is -1.96. The standard InChI is InChI=1S/C16H11N3S/c17-11-13(10-12-6-2-1-3-7-12)20-16-18-14-8-4-5-9-15(14)19-16/h1-10H,(H,18,19). The van der Waals surface area contributed by atoms with Crippen LogP contribution in [-0.4, -0.2) is 9.97 Å². The number of nitrogens with zero attached hydrogens (tertiary/aromatic N) is 2. The van der Waals surface area contributed by atoms with Crippen molar-refractivity contribution in [2.45, 2.75) is 5.16 Å². The van der Waals surface area contributed by atoms with Crippen LogP contribution in [0, 0.1) is 11.3 Å². The number of aromatic amines is 1. The summed E-state index contributed by atoms with van der Waals surface area (Å²) in [7, 11) is 0. The fourth-order valence-electron chi connectivity index (χ4n) is 1.87. The van der Waals surface area contributed by atoms with Gasteiger partial charge in [0.05, 0.1) is 15.9 Å². The average molecular weight is 277 g/mol. The van der Waals surface area contributed by atoms with Crippen LogP contribution in [0.1, 0.15) is 5.56 Å². The third-order valence-electron chi connectivity index (χ3n) is 2.78. The summed E-state index contributed by atoms with van der Waals surface area (Å²) >= 11 is 1.34. The third-order valence-corrected chi connectivity index (χ3v) is 3.60. The van der Waals surface area contributed by atoms with Gasteiger partial charge in [-0.2, -0.15) is 5.26 Å². The summed E-state index contributed by atoms with van der Waals surface area (Å²) in [5.74, 6) is 0. The molecule has 4 heteroatoms.